The monoisotopic (exact) mass is 397 g/mol. The van der Waals surface area contributed by atoms with Crippen LogP contribution in [0.4, 0.5) is 0 Å². The van der Waals surface area contributed by atoms with Crippen LogP contribution < -0.4 is 9.47 Å². The zero-order chi connectivity index (χ0) is 20.5. The van der Waals surface area contributed by atoms with Crippen LogP contribution in [0.2, 0.25) is 0 Å². The normalized spacial score (nSPS) is 21.2. The largest absolute Gasteiger partial charge is 0.477 e. The second-order valence-corrected chi connectivity index (χ2v) is 8.73. The van der Waals surface area contributed by atoms with E-state index >= 15 is 0 Å². The van der Waals surface area contributed by atoms with Gasteiger partial charge in [-0.1, -0.05) is 36.4 Å². The van der Waals surface area contributed by atoms with Crippen LogP contribution in [0.1, 0.15) is 36.6 Å². The lowest BCUT2D eigenvalue weighted by Gasteiger charge is -2.46. The van der Waals surface area contributed by atoms with Gasteiger partial charge < -0.3 is 9.47 Å². The topological polar surface area (TPSA) is 49.2 Å². The molecule has 5 nitrogen and oxygen atoms in total. The number of fused-ring (bicyclic) bond motifs is 6. The van der Waals surface area contributed by atoms with Gasteiger partial charge in [0.15, 0.2) is 0 Å². The van der Waals surface area contributed by atoms with E-state index in [-0.39, 0.29) is 11.8 Å². The molecule has 0 saturated heterocycles. The standard InChI is InChI=1S/C25H23N3O2/c1-15-21-22-18-13-16-9-7-8-12-20(16)26-23(18)29-14-19(22)25(2,3)30-24(21)28(27-15)17-10-5-4-6-11-17/h4-13,19,22H,14H2,1-3H3/t19-,22+/m0/s1. The number of aromatic nitrogens is 3. The summed E-state index contributed by atoms with van der Waals surface area (Å²) >= 11 is 0. The second kappa shape index (κ2) is 6.08. The summed E-state index contributed by atoms with van der Waals surface area (Å²) in [6, 6.07) is 20.6. The van der Waals surface area contributed by atoms with Crippen LogP contribution in [-0.2, 0) is 0 Å². The van der Waals surface area contributed by atoms with E-state index in [9.17, 15) is 0 Å². The van der Waals surface area contributed by atoms with Crippen LogP contribution >= 0.6 is 0 Å². The molecular formula is C25H23N3O2. The molecular weight excluding hydrogens is 374 g/mol. The minimum absolute atomic E-state index is 0.127. The summed E-state index contributed by atoms with van der Waals surface area (Å²) in [6.07, 6.45) is 0. The molecule has 2 aliphatic heterocycles. The van der Waals surface area contributed by atoms with Crippen molar-refractivity contribution in [2.24, 2.45) is 5.92 Å². The highest BCUT2D eigenvalue weighted by molar-refractivity contribution is 5.80. The minimum atomic E-state index is -0.403. The summed E-state index contributed by atoms with van der Waals surface area (Å²) < 4.78 is 14.7. The Morgan fingerprint density at radius 2 is 1.80 bits per heavy atom. The molecule has 0 unspecified atom stereocenters. The fourth-order valence-corrected chi connectivity index (χ4v) is 4.94. The molecule has 0 aliphatic carbocycles. The molecule has 6 rings (SSSR count). The Labute approximate surface area is 175 Å². The van der Waals surface area contributed by atoms with Crippen molar-refractivity contribution in [2.75, 3.05) is 6.61 Å². The first-order chi connectivity index (χ1) is 14.5. The number of pyridine rings is 1. The van der Waals surface area contributed by atoms with Gasteiger partial charge in [-0.15, -0.1) is 0 Å². The van der Waals surface area contributed by atoms with Crippen LogP contribution in [0.3, 0.4) is 0 Å². The molecule has 4 heterocycles. The number of hydrogen-bond acceptors (Lipinski definition) is 4. The fourth-order valence-electron chi connectivity index (χ4n) is 4.94. The highest BCUT2D eigenvalue weighted by Crippen LogP contribution is 2.53. The summed E-state index contributed by atoms with van der Waals surface area (Å²) in [5.41, 5.74) is 4.81. The molecule has 2 atom stereocenters. The van der Waals surface area contributed by atoms with Crippen molar-refractivity contribution in [1.82, 2.24) is 14.8 Å². The highest BCUT2D eigenvalue weighted by Gasteiger charge is 2.50. The first-order valence-electron chi connectivity index (χ1n) is 10.4. The van der Waals surface area contributed by atoms with Crippen LogP contribution in [0.25, 0.3) is 16.6 Å². The number of rotatable bonds is 1. The molecule has 150 valence electrons. The lowest BCUT2D eigenvalue weighted by atomic mass is 9.70. The maximum atomic E-state index is 6.60. The second-order valence-electron chi connectivity index (χ2n) is 8.73. The van der Waals surface area contributed by atoms with Gasteiger partial charge in [-0.2, -0.15) is 5.10 Å². The molecule has 0 spiro atoms. The Morgan fingerprint density at radius 1 is 1.03 bits per heavy atom. The van der Waals surface area contributed by atoms with E-state index in [1.54, 1.807) is 0 Å². The molecule has 2 aromatic carbocycles. The number of aryl methyl sites for hydroxylation is 1. The zero-order valence-electron chi connectivity index (χ0n) is 17.3. The number of para-hydroxylation sites is 2. The molecule has 4 aromatic rings. The summed E-state index contributed by atoms with van der Waals surface area (Å²) in [5.74, 6) is 1.85. The van der Waals surface area contributed by atoms with Gasteiger partial charge in [-0.05, 0) is 45.0 Å². The van der Waals surface area contributed by atoms with E-state index in [1.165, 1.54) is 0 Å². The number of hydrogen-bond donors (Lipinski definition) is 0. The maximum absolute atomic E-state index is 6.60. The summed E-state index contributed by atoms with van der Waals surface area (Å²) in [6.45, 7) is 6.94. The van der Waals surface area contributed by atoms with Gasteiger partial charge >= 0.3 is 0 Å². The molecule has 0 radical (unpaired) electrons. The maximum Gasteiger partial charge on any atom is 0.221 e. The molecule has 5 heteroatoms. The van der Waals surface area contributed by atoms with Crippen molar-refractivity contribution < 1.29 is 9.47 Å². The quantitative estimate of drug-likeness (QED) is 0.451. The minimum Gasteiger partial charge on any atom is -0.477 e. The van der Waals surface area contributed by atoms with Gasteiger partial charge in [0.25, 0.3) is 0 Å². The Morgan fingerprint density at radius 3 is 2.63 bits per heavy atom. The Bertz CT molecular complexity index is 1280. The predicted molar refractivity (Wildman–Crippen MR) is 116 cm³/mol. The number of nitrogens with zero attached hydrogens (tertiary/aromatic N) is 3. The third kappa shape index (κ3) is 2.41. The van der Waals surface area contributed by atoms with E-state index < -0.39 is 5.60 Å². The van der Waals surface area contributed by atoms with Crippen molar-refractivity contribution >= 4 is 10.9 Å². The molecule has 0 saturated carbocycles. The van der Waals surface area contributed by atoms with Crippen molar-refractivity contribution in [3.63, 3.8) is 0 Å². The molecule has 0 amide bonds. The highest BCUT2D eigenvalue weighted by atomic mass is 16.5. The molecule has 2 aromatic heterocycles. The Hall–Kier alpha value is -3.34. The van der Waals surface area contributed by atoms with Gasteiger partial charge in [-0.25, -0.2) is 9.67 Å². The van der Waals surface area contributed by atoms with E-state index in [0.717, 1.165) is 45.2 Å². The molecule has 2 aliphatic rings. The van der Waals surface area contributed by atoms with Crippen LogP contribution in [-0.4, -0.2) is 27.0 Å². The van der Waals surface area contributed by atoms with Gasteiger partial charge in [0.1, 0.15) is 5.60 Å². The van der Waals surface area contributed by atoms with Crippen LogP contribution in [0.15, 0.2) is 60.7 Å². The third-order valence-electron chi connectivity index (χ3n) is 6.48. The first-order valence-corrected chi connectivity index (χ1v) is 10.4. The molecule has 0 bridgehead atoms. The first kappa shape index (κ1) is 17.5. The van der Waals surface area contributed by atoms with Crippen LogP contribution in [0, 0.1) is 12.8 Å². The van der Waals surface area contributed by atoms with Crippen molar-refractivity contribution in [1.29, 1.82) is 0 Å². The summed E-state index contributed by atoms with van der Waals surface area (Å²) in [7, 11) is 0. The lowest BCUT2D eigenvalue weighted by Crippen LogP contribution is -2.49. The Balaban J connectivity index is 1.62. The van der Waals surface area contributed by atoms with E-state index in [1.807, 2.05) is 35.0 Å². The van der Waals surface area contributed by atoms with Gasteiger partial charge in [0.05, 0.1) is 23.5 Å². The summed E-state index contributed by atoms with van der Waals surface area (Å²) in [5, 5.41) is 6.01. The number of benzene rings is 2. The summed E-state index contributed by atoms with van der Waals surface area (Å²) in [4.78, 5) is 4.83. The van der Waals surface area contributed by atoms with Gasteiger partial charge in [-0.3, -0.25) is 0 Å². The number of ether oxygens (including phenoxy) is 2. The van der Waals surface area contributed by atoms with Gasteiger partial charge in [0, 0.05) is 28.3 Å². The van der Waals surface area contributed by atoms with Crippen molar-refractivity contribution in [3.8, 4) is 17.4 Å². The Kier molecular flexibility index (Phi) is 3.55. The fraction of sp³-hybridized carbons (Fsp3) is 0.280. The average molecular weight is 397 g/mol. The molecule has 30 heavy (non-hydrogen) atoms. The van der Waals surface area contributed by atoms with Crippen molar-refractivity contribution in [2.45, 2.75) is 32.3 Å². The van der Waals surface area contributed by atoms with Gasteiger partial charge in [0.2, 0.25) is 11.8 Å². The predicted octanol–water partition coefficient (Wildman–Crippen LogP) is 5.04. The van der Waals surface area contributed by atoms with E-state index in [2.05, 4.69) is 51.1 Å². The smallest absolute Gasteiger partial charge is 0.221 e. The van der Waals surface area contributed by atoms with E-state index in [0.29, 0.717) is 6.61 Å². The van der Waals surface area contributed by atoms with Crippen LogP contribution in [0.5, 0.6) is 11.8 Å². The van der Waals surface area contributed by atoms with E-state index in [4.69, 9.17) is 19.6 Å². The lowest BCUT2D eigenvalue weighted by molar-refractivity contribution is -0.0197. The zero-order valence-corrected chi connectivity index (χ0v) is 17.3. The molecule has 0 N–H and O–H groups in total. The average Bonchev–Trinajstić information content (AvgIpc) is 3.07. The van der Waals surface area contributed by atoms with Crippen molar-refractivity contribution in [3.05, 3.63) is 77.5 Å². The third-order valence-corrected chi connectivity index (χ3v) is 6.48. The SMILES string of the molecule is Cc1nn(-c2ccccc2)c2c1[C@@H]1c3cc4ccccc4nc3OC[C@@H]1C(C)(C)O2. The molecule has 0 fully saturated rings.